The van der Waals surface area contributed by atoms with Crippen LogP contribution >= 0.6 is 0 Å². The Morgan fingerprint density at radius 1 is 0.920 bits per heavy atom. The summed E-state index contributed by atoms with van der Waals surface area (Å²) in [6.45, 7) is 14.0. The second kappa shape index (κ2) is 5.33. The molecule has 0 N–H and O–H groups in total. The number of aromatic nitrogens is 2. The summed E-state index contributed by atoms with van der Waals surface area (Å²) in [5.41, 5.74) is 6.12. The van der Waals surface area contributed by atoms with Gasteiger partial charge in [0.1, 0.15) is 11.2 Å². The Balaban J connectivity index is 2.27. The van der Waals surface area contributed by atoms with Crippen LogP contribution < -0.4 is 4.57 Å². The molecule has 0 unspecified atom stereocenters. The fourth-order valence-electron chi connectivity index (χ4n) is 4.59. The first-order valence-electron chi connectivity index (χ1n) is 9.70. The molecule has 0 fully saturated rings. The van der Waals surface area contributed by atoms with Crippen molar-refractivity contribution in [2.75, 3.05) is 0 Å². The van der Waals surface area contributed by atoms with Crippen LogP contribution in [0, 0.1) is 0 Å². The van der Waals surface area contributed by atoms with Crippen molar-refractivity contribution >= 4 is 16.4 Å². The van der Waals surface area contributed by atoms with Crippen molar-refractivity contribution in [3.63, 3.8) is 0 Å². The smallest absolute Gasteiger partial charge is 0.222 e. The average molecular weight is 336 g/mol. The van der Waals surface area contributed by atoms with Gasteiger partial charge in [-0.2, -0.15) is 4.40 Å². The fraction of sp³-hybridized carbons (Fsp3) is 0.522. The van der Waals surface area contributed by atoms with Crippen molar-refractivity contribution in [1.29, 1.82) is 0 Å². The third-order valence-electron chi connectivity index (χ3n) is 5.61. The molecule has 1 aromatic carbocycles. The zero-order valence-electron chi connectivity index (χ0n) is 16.6. The summed E-state index contributed by atoms with van der Waals surface area (Å²) in [5, 5.41) is 2.79. The molecule has 2 nitrogen and oxygen atoms in total. The van der Waals surface area contributed by atoms with Crippen molar-refractivity contribution in [2.45, 2.75) is 78.2 Å². The van der Waals surface area contributed by atoms with E-state index in [0.29, 0.717) is 0 Å². The lowest BCUT2D eigenvalue weighted by molar-refractivity contribution is -0.736. The Bertz CT molecular complexity index is 962. The van der Waals surface area contributed by atoms with Crippen LogP contribution in [-0.2, 0) is 23.8 Å². The highest BCUT2D eigenvalue weighted by atomic mass is 15.2. The summed E-state index contributed by atoms with van der Waals surface area (Å²) in [7, 11) is 0. The Labute approximate surface area is 151 Å². The van der Waals surface area contributed by atoms with E-state index in [1.165, 1.54) is 53.4 Å². The Morgan fingerprint density at radius 3 is 2.32 bits per heavy atom. The fourth-order valence-corrected chi connectivity index (χ4v) is 4.59. The Hall–Kier alpha value is -1.83. The lowest BCUT2D eigenvalue weighted by Gasteiger charge is -2.23. The van der Waals surface area contributed by atoms with Crippen molar-refractivity contribution in [1.82, 2.24) is 4.40 Å². The molecular formula is C23H31N2+. The van der Waals surface area contributed by atoms with Crippen LogP contribution in [0.25, 0.3) is 16.4 Å². The zero-order chi connectivity index (χ0) is 18.0. The van der Waals surface area contributed by atoms with Gasteiger partial charge < -0.3 is 0 Å². The first-order chi connectivity index (χ1) is 11.7. The van der Waals surface area contributed by atoms with Crippen molar-refractivity contribution in [3.8, 4) is 0 Å². The number of pyridine rings is 1. The van der Waals surface area contributed by atoms with Gasteiger partial charge in [-0.15, -0.1) is 0 Å². The monoisotopic (exact) mass is 335 g/mol. The third-order valence-corrected chi connectivity index (χ3v) is 5.61. The highest BCUT2D eigenvalue weighted by Gasteiger charge is 2.36. The molecule has 0 amide bonds. The third kappa shape index (κ3) is 2.49. The molecule has 4 rings (SSSR count). The summed E-state index contributed by atoms with van der Waals surface area (Å²) in [6, 6.07) is 9.11. The molecule has 1 aliphatic rings. The number of benzene rings is 1. The average Bonchev–Trinajstić information content (AvgIpc) is 2.88. The van der Waals surface area contributed by atoms with Crippen LogP contribution in [0.1, 0.15) is 71.3 Å². The van der Waals surface area contributed by atoms with E-state index in [2.05, 4.69) is 81.0 Å². The molecule has 1 aliphatic carbocycles. The molecule has 2 heteroatoms. The van der Waals surface area contributed by atoms with Crippen LogP contribution in [0.15, 0.2) is 30.5 Å². The number of hydrogen-bond donors (Lipinski definition) is 0. The predicted molar refractivity (Wildman–Crippen MR) is 105 cm³/mol. The minimum atomic E-state index is 0.0788. The molecule has 0 spiro atoms. The highest BCUT2D eigenvalue weighted by Crippen LogP contribution is 2.34. The minimum Gasteiger partial charge on any atom is -0.222 e. The van der Waals surface area contributed by atoms with E-state index < -0.39 is 0 Å². The van der Waals surface area contributed by atoms with E-state index in [-0.39, 0.29) is 11.0 Å². The van der Waals surface area contributed by atoms with Crippen LogP contribution in [-0.4, -0.2) is 4.40 Å². The Kier molecular flexibility index (Phi) is 3.55. The molecule has 0 atom stereocenters. The normalized spacial score (nSPS) is 15.8. The summed E-state index contributed by atoms with van der Waals surface area (Å²) in [5.74, 6) is 0. The van der Waals surface area contributed by atoms with Crippen molar-refractivity contribution in [3.05, 3.63) is 47.4 Å². The number of hydrogen-bond acceptors (Lipinski definition) is 0. The quantitative estimate of drug-likeness (QED) is 0.492. The van der Waals surface area contributed by atoms with E-state index in [9.17, 15) is 0 Å². The second-order valence-corrected chi connectivity index (χ2v) is 9.64. The molecular weight excluding hydrogens is 304 g/mol. The molecule has 25 heavy (non-hydrogen) atoms. The maximum atomic E-state index is 2.64. The number of imidazole rings is 1. The van der Waals surface area contributed by atoms with E-state index in [1.54, 1.807) is 5.69 Å². The van der Waals surface area contributed by atoms with Gasteiger partial charge >= 0.3 is 0 Å². The van der Waals surface area contributed by atoms with Crippen molar-refractivity contribution < 1.29 is 4.57 Å². The zero-order valence-corrected chi connectivity index (χ0v) is 16.6. The molecule has 2 heterocycles. The van der Waals surface area contributed by atoms with E-state index in [1.807, 2.05) is 0 Å². The summed E-state index contributed by atoms with van der Waals surface area (Å²) < 4.78 is 5.14. The first kappa shape index (κ1) is 16.6. The predicted octanol–water partition coefficient (Wildman–Crippen LogP) is 5.31. The number of rotatable bonds is 0. The number of nitrogens with zero attached hydrogens (tertiary/aromatic N) is 2. The SMILES string of the molecule is CC(C)(C)c1cccc2ccn3c4c([n+](C(C)(C)C)c3c12)CCCC4. The van der Waals surface area contributed by atoms with E-state index in [0.717, 1.165) is 0 Å². The van der Waals surface area contributed by atoms with Gasteiger partial charge in [-0.05, 0) is 56.0 Å². The van der Waals surface area contributed by atoms with Gasteiger partial charge in [-0.1, -0.05) is 39.0 Å². The van der Waals surface area contributed by atoms with Crippen LogP contribution in [0.4, 0.5) is 0 Å². The van der Waals surface area contributed by atoms with Gasteiger partial charge in [0.15, 0.2) is 5.69 Å². The number of aryl methyl sites for hydroxylation is 1. The molecule has 0 saturated heterocycles. The lowest BCUT2D eigenvalue weighted by atomic mass is 9.84. The summed E-state index contributed by atoms with van der Waals surface area (Å²) >= 11 is 0. The molecule has 0 saturated carbocycles. The molecule has 0 bridgehead atoms. The standard InChI is InChI=1S/C23H31N2/c1-22(2,3)17-11-9-10-16-14-15-24-18-12-7-8-13-19(18)25(23(4,5)6)21(24)20(16)17/h9-11,14-15H,7-8,12-13H2,1-6H3/q+1. The maximum absolute atomic E-state index is 2.64. The van der Waals surface area contributed by atoms with Gasteiger partial charge in [-0.25, -0.2) is 4.57 Å². The molecule has 132 valence electrons. The molecule has 2 aromatic heterocycles. The van der Waals surface area contributed by atoms with E-state index in [4.69, 9.17) is 0 Å². The second-order valence-electron chi connectivity index (χ2n) is 9.64. The minimum absolute atomic E-state index is 0.0788. The molecule has 0 radical (unpaired) electrons. The summed E-state index contributed by atoms with van der Waals surface area (Å²) in [6.07, 6.45) is 7.32. The largest absolute Gasteiger partial charge is 0.295 e. The van der Waals surface area contributed by atoms with Gasteiger partial charge in [0, 0.05) is 12.8 Å². The molecule has 0 aliphatic heterocycles. The van der Waals surface area contributed by atoms with E-state index >= 15 is 0 Å². The lowest BCUT2D eigenvalue weighted by Crippen LogP contribution is -2.53. The number of fused-ring (bicyclic) bond motifs is 5. The van der Waals surface area contributed by atoms with Crippen LogP contribution in [0.2, 0.25) is 0 Å². The Morgan fingerprint density at radius 2 is 1.64 bits per heavy atom. The van der Waals surface area contributed by atoms with Gasteiger partial charge in [0.25, 0.3) is 5.65 Å². The van der Waals surface area contributed by atoms with Crippen LogP contribution in [0.3, 0.4) is 0 Å². The van der Waals surface area contributed by atoms with Crippen LogP contribution in [0.5, 0.6) is 0 Å². The summed E-state index contributed by atoms with van der Waals surface area (Å²) in [4.78, 5) is 0. The maximum Gasteiger partial charge on any atom is 0.295 e. The first-order valence-corrected chi connectivity index (χ1v) is 9.70. The highest BCUT2D eigenvalue weighted by molar-refractivity contribution is 5.96. The molecule has 3 aromatic rings. The topological polar surface area (TPSA) is 8.29 Å². The van der Waals surface area contributed by atoms with Gasteiger partial charge in [0.05, 0.1) is 11.6 Å². The van der Waals surface area contributed by atoms with Gasteiger partial charge in [0.2, 0.25) is 0 Å². The van der Waals surface area contributed by atoms with Gasteiger partial charge in [-0.3, -0.25) is 0 Å². The van der Waals surface area contributed by atoms with Crippen molar-refractivity contribution in [2.24, 2.45) is 0 Å².